The van der Waals surface area contributed by atoms with Crippen LogP contribution in [0.25, 0.3) is 10.1 Å². The fourth-order valence-corrected chi connectivity index (χ4v) is 3.50. The molecular weight excluding hydrogens is 341 g/mol. The summed E-state index contributed by atoms with van der Waals surface area (Å²) in [5, 5.41) is 1.93. The summed E-state index contributed by atoms with van der Waals surface area (Å²) in [5.74, 6) is -0.244. The van der Waals surface area contributed by atoms with Crippen LogP contribution in [-0.2, 0) is 0 Å². The van der Waals surface area contributed by atoms with Gasteiger partial charge in [-0.05, 0) is 36.4 Å². The minimum Gasteiger partial charge on any atom is -0.341 e. The Morgan fingerprint density at radius 2 is 2.10 bits per heavy atom. The average molecular weight is 358 g/mol. The van der Waals surface area contributed by atoms with E-state index in [1.54, 1.807) is 11.0 Å². The number of hydrogen-bond acceptors (Lipinski definition) is 2. The van der Waals surface area contributed by atoms with Crippen molar-refractivity contribution in [3.63, 3.8) is 0 Å². The van der Waals surface area contributed by atoms with Gasteiger partial charge in [0, 0.05) is 23.6 Å². The van der Waals surface area contributed by atoms with E-state index in [4.69, 9.17) is 0 Å². The minimum absolute atomic E-state index is 0.0189. The molecular formula is C15H17BrFNOS. The number of benzene rings is 1. The molecule has 108 valence electrons. The number of amides is 1. The predicted octanol–water partition coefficient (Wildman–Crippen LogP) is 4.68. The summed E-state index contributed by atoms with van der Waals surface area (Å²) in [5.41, 5.74) is 0. The molecule has 1 aromatic heterocycles. The molecule has 0 radical (unpaired) electrons. The van der Waals surface area contributed by atoms with E-state index < -0.39 is 0 Å². The lowest BCUT2D eigenvalue weighted by atomic mass is 10.2. The van der Waals surface area contributed by atoms with Gasteiger partial charge < -0.3 is 4.90 Å². The van der Waals surface area contributed by atoms with Crippen molar-refractivity contribution < 1.29 is 9.18 Å². The van der Waals surface area contributed by atoms with Crippen LogP contribution in [0.2, 0.25) is 0 Å². The lowest BCUT2D eigenvalue weighted by Gasteiger charge is -2.15. The first-order valence-corrected chi connectivity index (χ1v) is 8.56. The maximum absolute atomic E-state index is 13.2. The first-order valence-electron chi connectivity index (χ1n) is 6.62. The number of halogens is 2. The number of carbonyl (C=O) groups excluding carboxylic acids is 1. The highest BCUT2D eigenvalue weighted by Crippen LogP contribution is 2.27. The predicted molar refractivity (Wildman–Crippen MR) is 86.4 cm³/mol. The van der Waals surface area contributed by atoms with E-state index in [0.29, 0.717) is 4.88 Å². The smallest absolute Gasteiger partial charge is 0.263 e. The largest absolute Gasteiger partial charge is 0.341 e. The zero-order valence-corrected chi connectivity index (χ0v) is 13.8. The van der Waals surface area contributed by atoms with Gasteiger partial charge in [0.2, 0.25) is 0 Å². The maximum Gasteiger partial charge on any atom is 0.263 e. The molecule has 0 saturated carbocycles. The van der Waals surface area contributed by atoms with Crippen molar-refractivity contribution in [2.24, 2.45) is 0 Å². The Bertz CT molecular complexity index is 599. The Labute approximate surface area is 130 Å². The molecule has 1 amide bonds. The summed E-state index contributed by atoms with van der Waals surface area (Å²) >= 11 is 4.75. The summed E-state index contributed by atoms with van der Waals surface area (Å²) in [7, 11) is 1.82. The highest BCUT2D eigenvalue weighted by molar-refractivity contribution is 9.09. The number of alkyl halides is 1. The van der Waals surface area contributed by atoms with Crippen LogP contribution in [-0.4, -0.2) is 29.7 Å². The Morgan fingerprint density at radius 3 is 2.85 bits per heavy atom. The Morgan fingerprint density at radius 1 is 1.30 bits per heavy atom. The van der Waals surface area contributed by atoms with Crippen LogP contribution >= 0.6 is 27.3 Å². The van der Waals surface area contributed by atoms with Gasteiger partial charge >= 0.3 is 0 Å². The SMILES string of the molecule is CN(CCCCCBr)C(=O)c1cc2ccc(F)cc2s1. The fraction of sp³-hybridized carbons (Fsp3) is 0.400. The van der Waals surface area contributed by atoms with Crippen molar-refractivity contribution in [3.8, 4) is 0 Å². The Hall–Kier alpha value is -0.940. The molecule has 0 N–H and O–H groups in total. The highest BCUT2D eigenvalue weighted by Gasteiger charge is 2.14. The highest BCUT2D eigenvalue weighted by atomic mass is 79.9. The molecule has 1 heterocycles. The summed E-state index contributed by atoms with van der Waals surface area (Å²) in [6.07, 6.45) is 3.25. The monoisotopic (exact) mass is 357 g/mol. The van der Waals surface area contributed by atoms with Crippen LogP contribution in [0, 0.1) is 5.82 Å². The van der Waals surface area contributed by atoms with Crippen molar-refractivity contribution in [2.45, 2.75) is 19.3 Å². The molecule has 2 aromatic rings. The molecule has 0 aliphatic carbocycles. The van der Waals surface area contributed by atoms with Crippen LogP contribution < -0.4 is 0 Å². The molecule has 0 atom stereocenters. The summed E-state index contributed by atoms with van der Waals surface area (Å²) in [4.78, 5) is 14.7. The second-order valence-corrected chi connectivity index (χ2v) is 6.65. The third kappa shape index (κ3) is 3.79. The van der Waals surface area contributed by atoms with Gasteiger partial charge in [-0.2, -0.15) is 0 Å². The van der Waals surface area contributed by atoms with E-state index >= 15 is 0 Å². The van der Waals surface area contributed by atoms with Crippen LogP contribution in [0.3, 0.4) is 0 Å². The molecule has 0 spiro atoms. The number of unbranched alkanes of at least 4 members (excludes halogenated alkanes) is 2. The zero-order chi connectivity index (χ0) is 14.5. The molecule has 0 fully saturated rings. The lowest BCUT2D eigenvalue weighted by Crippen LogP contribution is -2.26. The van der Waals surface area contributed by atoms with E-state index in [0.717, 1.165) is 41.2 Å². The second-order valence-electron chi connectivity index (χ2n) is 4.77. The van der Waals surface area contributed by atoms with Gasteiger partial charge in [-0.15, -0.1) is 11.3 Å². The Kier molecular flexibility index (Phi) is 5.54. The maximum atomic E-state index is 13.2. The van der Waals surface area contributed by atoms with E-state index in [1.165, 1.54) is 23.5 Å². The fourth-order valence-electron chi connectivity index (χ4n) is 2.02. The minimum atomic E-state index is -0.263. The molecule has 5 heteroatoms. The van der Waals surface area contributed by atoms with E-state index in [2.05, 4.69) is 15.9 Å². The second kappa shape index (κ2) is 7.18. The van der Waals surface area contributed by atoms with Gasteiger partial charge in [0.25, 0.3) is 5.91 Å². The zero-order valence-electron chi connectivity index (χ0n) is 11.4. The number of hydrogen-bond donors (Lipinski definition) is 0. The topological polar surface area (TPSA) is 20.3 Å². The number of carbonyl (C=O) groups is 1. The molecule has 1 aromatic carbocycles. The van der Waals surface area contributed by atoms with Gasteiger partial charge in [0.05, 0.1) is 4.88 Å². The van der Waals surface area contributed by atoms with E-state index in [-0.39, 0.29) is 11.7 Å². The summed E-state index contributed by atoms with van der Waals surface area (Å²) in [6, 6.07) is 6.46. The quantitative estimate of drug-likeness (QED) is 0.543. The van der Waals surface area contributed by atoms with Gasteiger partial charge in [0.1, 0.15) is 5.82 Å². The first kappa shape index (κ1) is 15.4. The van der Waals surface area contributed by atoms with Crippen molar-refractivity contribution in [1.29, 1.82) is 0 Å². The first-order chi connectivity index (χ1) is 9.61. The molecule has 20 heavy (non-hydrogen) atoms. The van der Waals surface area contributed by atoms with E-state index in [9.17, 15) is 9.18 Å². The van der Waals surface area contributed by atoms with Crippen LogP contribution in [0.5, 0.6) is 0 Å². The van der Waals surface area contributed by atoms with Crippen molar-refractivity contribution >= 4 is 43.3 Å². The lowest BCUT2D eigenvalue weighted by molar-refractivity contribution is 0.0797. The van der Waals surface area contributed by atoms with Gasteiger partial charge in [-0.3, -0.25) is 4.79 Å². The van der Waals surface area contributed by atoms with E-state index in [1.807, 2.05) is 13.1 Å². The summed E-state index contributed by atoms with van der Waals surface area (Å²) < 4.78 is 14.0. The molecule has 0 aliphatic rings. The summed E-state index contributed by atoms with van der Waals surface area (Å²) in [6.45, 7) is 0.758. The van der Waals surface area contributed by atoms with Crippen LogP contribution in [0.1, 0.15) is 28.9 Å². The number of nitrogens with zero attached hydrogens (tertiary/aromatic N) is 1. The molecule has 2 rings (SSSR count). The number of thiophene rings is 1. The van der Waals surface area contributed by atoms with Crippen molar-refractivity contribution in [3.05, 3.63) is 35.0 Å². The number of rotatable bonds is 6. The molecule has 2 nitrogen and oxygen atoms in total. The van der Waals surface area contributed by atoms with Crippen molar-refractivity contribution in [1.82, 2.24) is 4.90 Å². The molecule has 0 aliphatic heterocycles. The molecule has 0 unspecified atom stereocenters. The van der Waals surface area contributed by atoms with Gasteiger partial charge in [0.15, 0.2) is 0 Å². The third-order valence-electron chi connectivity index (χ3n) is 3.17. The molecule has 0 saturated heterocycles. The number of fused-ring (bicyclic) bond motifs is 1. The van der Waals surface area contributed by atoms with Crippen molar-refractivity contribution in [2.75, 3.05) is 18.9 Å². The van der Waals surface area contributed by atoms with Gasteiger partial charge in [-0.25, -0.2) is 4.39 Å². The van der Waals surface area contributed by atoms with Crippen LogP contribution in [0.4, 0.5) is 4.39 Å². The van der Waals surface area contributed by atoms with Crippen LogP contribution in [0.15, 0.2) is 24.3 Å². The molecule has 0 bridgehead atoms. The normalized spacial score (nSPS) is 10.9. The average Bonchev–Trinajstić information content (AvgIpc) is 2.85. The standard InChI is InChI=1S/C15H17BrFNOS/c1-18(8-4-2-3-7-16)15(19)14-9-11-5-6-12(17)10-13(11)20-14/h5-6,9-10H,2-4,7-8H2,1H3. The Balaban J connectivity index is 2.03. The van der Waals surface area contributed by atoms with Gasteiger partial charge in [-0.1, -0.05) is 28.4 Å². The third-order valence-corrected chi connectivity index (χ3v) is 4.81.